The van der Waals surface area contributed by atoms with E-state index in [0.717, 1.165) is 0 Å². The van der Waals surface area contributed by atoms with Crippen LogP contribution in [0.4, 0.5) is 0 Å². The maximum absolute atomic E-state index is 2.57. The van der Waals surface area contributed by atoms with E-state index in [1.807, 2.05) is 0 Å². The Bertz CT molecular complexity index is 759. The zero-order chi connectivity index (χ0) is 16.8. The minimum atomic E-state index is -1.84. The van der Waals surface area contributed by atoms with Crippen LogP contribution in [0.25, 0.3) is 5.57 Å². The topological polar surface area (TPSA) is 0 Å². The first-order valence-electron chi connectivity index (χ1n) is 8.64. The average molecular weight is 384 g/mol. The van der Waals surface area contributed by atoms with Crippen molar-refractivity contribution in [1.29, 1.82) is 0 Å². The van der Waals surface area contributed by atoms with Crippen molar-refractivity contribution >= 4 is 8.78 Å². The Labute approximate surface area is 149 Å². The zero-order valence-electron chi connectivity index (χ0n) is 15.3. The van der Waals surface area contributed by atoms with E-state index in [2.05, 4.69) is 84.0 Å². The van der Waals surface area contributed by atoms with Gasteiger partial charge in [0.2, 0.25) is 0 Å². The van der Waals surface area contributed by atoms with Gasteiger partial charge in [0, 0.05) is 0 Å². The predicted octanol–water partition coefficient (Wildman–Crippen LogP) is 6.24. The molecule has 1 unspecified atom stereocenters. The quantitative estimate of drug-likeness (QED) is 0.567. The summed E-state index contributed by atoms with van der Waals surface area (Å²) < 4.78 is 4.19. The van der Waals surface area contributed by atoms with Crippen molar-refractivity contribution in [2.24, 2.45) is 5.41 Å². The molecular weight excluding hydrogens is 355 g/mol. The third kappa shape index (κ3) is 3.23. The number of benzene rings is 1. The van der Waals surface area contributed by atoms with Crippen LogP contribution < -0.4 is 0 Å². The molecule has 2 aliphatic rings. The van der Waals surface area contributed by atoms with E-state index in [0.29, 0.717) is 9.04 Å². The summed E-state index contributed by atoms with van der Waals surface area (Å²) in [5, 5.41) is 0. The normalized spacial score (nSPS) is 19.9. The van der Waals surface area contributed by atoms with Gasteiger partial charge in [-0.1, -0.05) is 0 Å². The Morgan fingerprint density at radius 3 is 2.39 bits per heavy atom. The summed E-state index contributed by atoms with van der Waals surface area (Å²) in [6.07, 6.45) is 8.68. The van der Waals surface area contributed by atoms with E-state index in [1.54, 1.807) is 17.6 Å². The van der Waals surface area contributed by atoms with Gasteiger partial charge in [-0.05, 0) is 0 Å². The molecule has 23 heavy (non-hydrogen) atoms. The molecule has 2 aliphatic carbocycles. The Kier molecular flexibility index (Phi) is 4.63. The number of hydrogen-bond acceptors (Lipinski definition) is 0. The fraction of sp³-hybridized carbons (Fsp3) is 0.409. The molecular formula is C22H28Zr. The van der Waals surface area contributed by atoms with Gasteiger partial charge in [-0.15, -0.1) is 0 Å². The summed E-state index contributed by atoms with van der Waals surface area (Å²) >= 11 is -1.84. The molecule has 0 heterocycles. The summed E-state index contributed by atoms with van der Waals surface area (Å²) in [4.78, 5) is 0. The molecule has 1 atom stereocenters. The van der Waals surface area contributed by atoms with Crippen molar-refractivity contribution in [3.63, 3.8) is 0 Å². The number of rotatable bonds is 2. The summed E-state index contributed by atoms with van der Waals surface area (Å²) in [6, 6.07) is 9.06. The van der Waals surface area contributed by atoms with Crippen LogP contribution in [-0.4, -0.2) is 3.21 Å². The number of hydrogen-bond donors (Lipinski definition) is 0. The van der Waals surface area contributed by atoms with Crippen molar-refractivity contribution in [2.75, 3.05) is 0 Å². The molecule has 0 fully saturated rings. The fourth-order valence-electron chi connectivity index (χ4n) is 3.85. The van der Waals surface area contributed by atoms with Crippen LogP contribution in [0.1, 0.15) is 62.7 Å². The maximum atomic E-state index is 2.57. The van der Waals surface area contributed by atoms with Gasteiger partial charge in [-0.2, -0.15) is 0 Å². The second-order valence-electron chi connectivity index (χ2n) is 8.14. The molecule has 0 aromatic heterocycles. The van der Waals surface area contributed by atoms with Gasteiger partial charge in [0.05, 0.1) is 0 Å². The molecule has 0 saturated heterocycles. The molecule has 0 N–H and O–H groups in total. The molecule has 3 rings (SSSR count). The van der Waals surface area contributed by atoms with E-state index < -0.39 is 21.3 Å². The van der Waals surface area contributed by atoms with Gasteiger partial charge in [0.25, 0.3) is 0 Å². The number of fused-ring (bicyclic) bond motifs is 1. The Morgan fingerprint density at radius 1 is 1.09 bits per heavy atom. The number of allylic oxidation sites excluding steroid dienone is 6. The van der Waals surface area contributed by atoms with Crippen molar-refractivity contribution in [3.05, 3.63) is 62.5 Å². The van der Waals surface area contributed by atoms with Crippen LogP contribution in [0.2, 0.25) is 0 Å². The fourth-order valence-corrected chi connectivity index (χ4v) is 11.9. The molecule has 0 amide bonds. The standard InChI is InChI=1S/C10H9.C9H13.C3H6.Zr/c1-8-6-7-9-4-2-3-5-10(8)9;1-9(2,3)8-6-4-5-7-8;1-3-2;/h2-7H,1H3;4,6H,7H2,1-3H3;1-2H3;. The van der Waals surface area contributed by atoms with Crippen molar-refractivity contribution in [2.45, 2.75) is 51.6 Å². The summed E-state index contributed by atoms with van der Waals surface area (Å²) in [7, 11) is 0. The molecule has 0 saturated carbocycles. The zero-order valence-corrected chi connectivity index (χ0v) is 17.8. The van der Waals surface area contributed by atoms with Gasteiger partial charge in [0.1, 0.15) is 0 Å². The molecule has 120 valence electrons. The molecule has 0 bridgehead atoms. The predicted molar refractivity (Wildman–Crippen MR) is 99.4 cm³/mol. The minimum absolute atomic E-state index is 0.299. The molecule has 0 nitrogen and oxygen atoms in total. The summed E-state index contributed by atoms with van der Waals surface area (Å²) in [5.41, 5.74) is 6.46. The van der Waals surface area contributed by atoms with Crippen LogP contribution in [0, 0.1) is 5.41 Å². The molecule has 0 spiro atoms. The Balaban J connectivity index is 1.97. The first-order valence-corrected chi connectivity index (χ1v) is 12.5. The van der Waals surface area contributed by atoms with E-state index in [1.165, 1.54) is 17.6 Å². The van der Waals surface area contributed by atoms with Crippen molar-refractivity contribution in [3.8, 4) is 0 Å². The van der Waals surface area contributed by atoms with Crippen molar-refractivity contribution < 1.29 is 21.3 Å². The summed E-state index contributed by atoms with van der Waals surface area (Å²) in [5.74, 6) is 0. The van der Waals surface area contributed by atoms with Crippen LogP contribution in [0.5, 0.6) is 0 Å². The third-order valence-corrected chi connectivity index (χ3v) is 13.1. The van der Waals surface area contributed by atoms with Gasteiger partial charge >= 0.3 is 150 Å². The second kappa shape index (κ2) is 6.25. The van der Waals surface area contributed by atoms with E-state index >= 15 is 0 Å². The third-order valence-electron chi connectivity index (χ3n) is 5.16. The van der Waals surface area contributed by atoms with Gasteiger partial charge < -0.3 is 0 Å². The van der Waals surface area contributed by atoms with Crippen LogP contribution in [0.15, 0.2) is 51.3 Å². The SMILES string of the molecule is CC1=C[CH]([Zr]([C]2=CC=C(C(C)(C)C)C2)=[C](C)C)c2ccccc21. The summed E-state index contributed by atoms with van der Waals surface area (Å²) in [6.45, 7) is 14.1. The van der Waals surface area contributed by atoms with Gasteiger partial charge in [-0.25, -0.2) is 0 Å². The first-order chi connectivity index (χ1) is 10.8. The Hall–Kier alpha value is -0.807. The van der Waals surface area contributed by atoms with Gasteiger partial charge in [0.15, 0.2) is 0 Å². The molecule has 1 heteroatoms. The van der Waals surface area contributed by atoms with E-state index in [-0.39, 0.29) is 0 Å². The van der Waals surface area contributed by atoms with Crippen LogP contribution >= 0.6 is 0 Å². The first kappa shape index (κ1) is 17.0. The molecule has 1 aromatic rings. The second-order valence-corrected chi connectivity index (χ2v) is 15.7. The average Bonchev–Trinajstić information content (AvgIpc) is 3.06. The Morgan fingerprint density at radius 2 is 1.78 bits per heavy atom. The molecule has 0 aliphatic heterocycles. The van der Waals surface area contributed by atoms with Crippen LogP contribution in [-0.2, 0) is 21.3 Å². The van der Waals surface area contributed by atoms with Crippen LogP contribution in [0.3, 0.4) is 0 Å². The molecule has 1 aromatic carbocycles. The van der Waals surface area contributed by atoms with E-state index in [9.17, 15) is 0 Å². The molecule has 0 radical (unpaired) electrons. The van der Waals surface area contributed by atoms with E-state index in [4.69, 9.17) is 0 Å². The van der Waals surface area contributed by atoms with Gasteiger partial charge in [-0.3, -0.25) is 0 Å². The van der Waals surface area contributed by atoms with Crippen molar-refractivity contribution in [1.82, 2.24) is 0 Å². The monoisotopic (exact) mass is 382 g/mol.